The molecule has 1 rings (SSSR count). The van der Waals surface area contributed by atoms with Gasteiger partial charge < -0.3 is 20.0 Å². The molecular formula is C9H11BrN4O3. The number of aromatic nitrogens is 2. The Balaban J connectivity index is 2.36. The van der Waals surface area contributed by atoms with Crippen LogP contribution >= 0.6 is 15.9 Å². The standard InChI is InChI=1S/C9H11BrN4O3/c1-7(10)4-11-9(15)2-3-13-5-8(12-6-13)14(16)17/h5-6H,1-4H2,(H,11,15). The maximum Gasteiger partial charge on any atom is 0.381 e. The second-order valence-corrected chi connectivity index (χ2v) is 4.39. The third-order valence-electron chi connectivity index (χ3n) is 1.88. The van der Waals surface area contributed by atoms with Crippen LogP contribution < -0.4 is 5.32 Å². The first-order valence-corrected chi connectivity index (χ1v) is 5.54. The van der Waals surface area contributed by atoms with E-state index in [9.17, 15) is 14.9 Å². The number of imidazole rings is 1. The summed E-state index contributed by atoms with van der Waals surface area (Å²) in [6.07, 6.45) is 2.85. The lowest BCUT2D eigenvalue weighted by molar-refractivity contribution is -0.389. The molecule has 0 saturated heterocycles. The summed E-state index contributed by atoms with van der Waals surface area (Å²) in [6, 6.07) is 0. The maximum absolute atomic E-state index is 11.3. The van der Waals surface area contributed by atoms with E-state index >= 15 is 0 Å². The highest BCUT2D eigenvalue weighted by molar-refractivity contribution is 9.11. The van der Waals surface area contributed by atoms with E-state index in [1.165, 1.54) is 17.1 Å². The van der Waals surface area contributed by atoms with Gasteiger partial charge in [-0.3, -0.25) is 4.79 Å². The molecule has 1 aromatic heterocycles. The fourth-order valence-corrected chi connectivity index (χ4v) is 1.22. The number of nitrogens with one attached hydrogen (secondary N) is 1. The Morgan fingerprint density at radius 2 is 2.41 bits per heavy atom. The lowest BCUT2D eigenvalue weighted by Gasteiger charge is -2.03. The van der Waals surface area contributed by atoms with Crippen LogP contribution in [-0.2, 0) is 11.3 Å². The van der Waals surface area contributed by atoms with Gasteiger partial charge in [0.05, 0.1) is 0 Å². The molecule has 0 aliphatic carbocycles. The van der Waals surface area contributed by atoms with E-state index in [1.54, 1.807) is 0 Å². The van der Waals surface area contributed by atoms with Crippen molar-refractivity contribution in [2.24, 2.45) is 0 Å². The zero-order valence-corrected chi connectivity index (χ0v) is 10.5. The molecule has 0 spiro atoms. The predicted molar refractivity (Wildman–Crippen MR) is 64.6 cm³/mol. The first-order chi connectivity index (χ1) is 7.99. The smallest absolute Gasteiger partial charge is 0.358 e. The summed E-state index contributed by atoms with van der Waals surface area (Å²) in [7, 11) is 0. The fraction of sp³-hybridized carbons (Fsp3) is 0.333. The largest absolute Gasteiger partial charge is 0.381 e. The molecular weight excluding hydrogens is 292 g/mol. The zero-order chi connectivity index (χ0) is 12.8. The number of carbonyl (C=O) groups is 1. The molecule has 0 saturated carbocycles. The minimum atomic E-state index is -0.578. The van der Waals surface area contributed by atoms with Gasteiger partial charge in [-0.25, -0.2) is 0 Å². The molecule has 1 heterocycles. The molecule has 8 heteroatoms. The molecule has 0 aromatic carbocycles. The third kappa shape index (κ3) is 4.77. The number of nitro groups is 1. The van der Waals surface area contributed by atoms with Gasteiger partial charge in [-0.1, -0.05) is 22.5 Å². The van der Waals surface area contributed by atoms with Crippen LogP contribution in [0.3, 0.4) is 0 Å². The molecule has 1 amide bonds. The van der Waals surface area contributed by atoms with Crippen molar-refractivity contribution in [2.75, 3.05) is 6.54 Å². The van der Waals surface area contributed by atoms with Crippen LogP contribution in [0, 0.1) is 10.1 Å². The average molecular weight is 303 g/mol. The van der Waals surface area contributed by atoms with Gasteiger partial charge in [-0.2, -0.15) is 0 Å². The molecule has 17 heavy (non-hydrogen) atoms. The molecule has 0 fully saturated rings. The van der Waals surface area contributed by atoms with Crippen LogP contribution in [0.1, 0.15) is 6.42 Å². The van der Waals surface area contributed by atoms with Gasteiger partial charge in [0.15, 0.2) is 0 Å². The van der Waals surface area contributed by atoms with Crippen molar-refractivity contribution in [3.63, 3.8) is 0 Å². The van der Waals surface area contributed by atoms with Crippen LogP contribution in [0.15, 0.2) is 23.6 Å². The topological polar surface area (TPSA) is 90.1 Å². The summed E-state index contributed by atoms with van der Waals surface area (Å²) >= 11 is 3.12. The van der Waals surface area contributed by atoms with Gasteiger partial charge in [0, 0.05) is 24.0 Å². The van der Waals surface area contributed by atoms with E-state index in [0.717, 1.165) is 0 Å². The van der Waals surface area contributed by atoms with E-state index in [0.29, 0.717) is 17.6 Å². The Hall–Kier alpha value is -1.70. The third-order valence-corrected chi connectivity index (χ3v) is 2.16. The number of hydrogen-bond donors (Lipinski definition) is 1. The Bertz CT molecular complexity index is 443. The highest BCUT2D eigenvalue weighted by Gasteiger charge is 2.10. The van der Waals surface area contributed by atoms with E-state index in [-0.39, 0.29) is 18.1 Å². The second kappa shape index (κ2) is 6.14. The Labute approximate surface area is 106 Å². The molecule has 92 valence electrons. The molecule has 0 unspecified atom stereocenters. The minimum absolute atomic E-state index is 0.151. The monoisotopic (exact) mass is 302 g/mol. The summed E-state index contributed by atoms with van der Waals surface area (Å²) in [5.41, 5.74) is 0. The second-order valence-electron chi connectivity index (χ2n) is 3.27. The van der Waals surface area contributed by atoms with Crippen LogP contribution in [0.4, 0.5) is 5.82 Å². The van der Waals surface area contributed by atoms with Crippen molar-refractivity contribution < 1.29 is 9.72 Å². The van der Waals surface area contributed by atoms with Gasteiger partial charge in [0.1, 0.15) is 6.20 Å². The summed E-state index contributed by atoms with van der Waals surface area (Å²) in [5, 5.41) is 13.0. The number of hydrogen-bond acceptors (Lipinski definition) is 4. The molecule has 1 aromatic rings. The zero-order valence-electron chi connectivity index (χ0n) is 8.93. The number of halogens is 1. The lowest BCUT2D eigenvalue weighted by atomic mass is 10.4. The summed E-state index contributed by atoms with van der Waals surface area (Å²) in [4.78, 5) is 24.7. The number of rotatable bonds is 6. The van der Waals surface area contributed by atoms with Gasteiger partial charge in [0.25, 0.3) is 0 Å². The Morgan fingerprint density at radius 1 is 1.71 bits per heavy atom. The van der Waals surface area contributed by atoms with Gasteiger partial charge in [-0.05, 0) is 9.91 Å². The Morgan fingerprint density at radius 3 is 2.94 bits per heavy atom. The predicted octanol–water partition coefficient (Wildman–Crippen LogP) is 1.21. The number of aryl methyl sites for hydroxylation is 1. The highest BCUT2D eigenvalue weighted by atomic mass is 79.9. The highest BCUT2D eigenvalue weighted by Crippen LogP contribution is 2.06. The van der Waals surface area contributed by atoms with Crippen molar-refractivity contribution >= 4 is 27.7 Å². The number of carbonyl (C=O) groups excluding carboxylic acids is 1. The number of amides is 1. The molecule has 0 atom stereocenters. The van der Waals surface area contributed by atoms with E-state index in [2.05, 4.69) is 32.8 Å². The Kier molecular flexibility index (Phi) is 4.83. The van der Waals surface area contributed by atoms with Gasteiger partial charge >= 0.3 is 5.82 Å². The quantitative estimate of drug-likeness (QED) is 0.631. The van der Waals surface area contributed by atoms with Crippen molar-refractivity contribution in [2.45, 2.75) is 13.0 Å². The SMILES string of the molecule is C=C(Br)CNC(=O)CCn1cnc([N+](=O)[O-])c1. The summed E-state index contributed by atoms with van der Waals surface area (Å²) in [5.74, 6) is -0.374. The van der Waals surface area contributed by atoms with Crippen LogP contribution in [0.2, 0.25) is 0 Å². The van der Waals surface area contributed by atoms with Crippen LogP contribution in [-0.4, -0.2) is 26.9 Å². The van der Waals surface area contributed by atoms with Crippen molar-refractivity contribution in [3.05, 3.63) is 33.7 Å². The van der Waals surface area contributed by atoms with Crippen molar-refractivity contribution in [3.8, 4) is 0 Å². The molecule has 0 aliphatic heterocycles. The molecule has 1 N–H and O–H groups in total. The molecule has 0 aliphatic rings. The number of nitrogens with zero attached hydrogens (tertiary/aromatic N) is 3. The summed E-state index contributed by atoms with van der Waals surface area (Å²) in [6.45, 7) is 4.29. The van der Waals surface area contributed by atoms with Crippen LogP contribution in [0.25, 0.3) is 0 Å². The van der Waals surface area contributed by atoms with E-state index < -0.39 is 4.92 Å². The average Bonchev–Trinajstić information content (AvgIpc) is 2.72. The lowest BCUT2D eigenvalue weighted by Crippen LogP contribution is -2.25. The maximum atomic E-state index is 11.3. The van der Waals surface area contributed by atoms with E-state index in [4.69, 9.17) is 0 Å². The van der Waals surface area contributed by atoms with Crippen molar-refractivity contribution in [1.82, 2.24) is 14.9 Å². The molecule has 7 nitrogen and oxygen atoms in total. The molecule has 0 radical (unpaired) electrons. The summed E-state index contributed by atoms with van der Waals surface area (Å²) < 4.78 is 2.19. The first kappa shape index (κ1) is 13.4. The molecule has 0 bridgehead atoms. The first-order valence-electron chi connectivity index (χ1n) is 4.75. The minimum Gasteiger partial charge on any atom is -0.358 e. The van der Waals surface area contributed by atoms with E-state index in [1.807, 2.05) is 0 Å². The fourth-order valence-electron chi connectivity index (χ4n) is 1.08. The van der Waals surface area contributed by atoms with Gasteiger partial charge in [-0.15, -0.1) is 0 Å². The van der Waals surface area contributed by atoms with Gasteiger partial charge in [0.2, 0.25) is 12.2 Å². The van der Waals surface area contributed by atoms with Crippen molar-refractivity contribution in [1.29, 1.82) is 0 Å². The van der Waals surface area contributed by atoms with Crippen LogP contribution in [0.5, 0.6) is 0 Å². The normalized spacial score (nSPS) is 9.94.